The lowest BCUT2D eigenvalue weighted by atomic mass is 9.85. The molecule has 3 fully saturated rings. The van der Waals surface area contributed by atoms with Crippen LogP contribution in [0.4, 0.5) is 4.79 Å². The van der Waals surface area contributed by atoms with Crippen LogP contribution in [0.1, 0.15) is 25.7 Å². The fraction of sp³-hybridized carbons (Fsp3) is 0.889. The summed E-state index contributed by atoms with van der Waals surface area (Å²) in [5, 5.41) is 0. The van der Waals surface area contributed by atoms with Crippen molar-refractivity contribution in [1.82, 2.24) is 9.80 Å². The normalized spacial score (nSPS) is 34.4. The van der Waals surface area contributed by atoms with Crippen LogP contribution in [-0.2, 0) is 20.3 Å². The molecular formula is C18H33N3O4SSi. The third kappa shape index (κ3) is 4.46. The zero-order valence-electron chi connectivity index (χ0n) is 16.7. The van der Waals surface area contributed by atoms with E-state index >= 15 is 0 Å². The number of hydrogen-bond donors (Lipinski definition) is 1. The van der Waals surface area contributed by atoms with E-state index in [1.54, 1.807) is 4.90 Å². The molecule has 1 saturated carbocycles. The predicted molar refractivity (Wildman–Crippen MR) is 108 cm³/mol. The van der Waals surface area contributed by atoms with Crippen LogP contribution in [-0.4, -0.2) is 77.0 Å². The first-order chi connectivity index (χ1) is 12.6. The molecule has 154 valence electrons. The van der Waals surface area contributed by atoms with Crippen molar-refractivity contribution in [3.05, 3.63) is 0 Å². The van der Waals surface area contributed by atoms with E-state index in [0.717, 1.165) is 31.7 Å². The number of amides is 3. The molecule has 0 atom stereocenters. The molecule has 0 bridgehead atoms. The van der Waals surface area contributed by atoms with Gasteiger partial charge in [0.15, 0.2) is 0 Å². The van der Waals surface area contributed by atoms with Crippen LogP contribution in [0.25, 0.3) is 0 Å². The van der Waals surface area contributed by atoms with E-state index in [1.165, 1.54) is 4.90 Å². The molecule has 0 radical (unpaired) electrons. The van der Waals surface area contributed by atoms with Crippen molar-refractivity contribution in [2.75, 3.05) is 31.4 Å². The molecule has 27 heavy (non-hydrogen) atoms. The monoisotopic (exact) mass is 415 g/mol. The number of nitrogens with two attached hydrogens (primary N) is 1. The minimum Gasteiger partial charge on any atom is -0.361 e. The Morgan fingerprint density at radius 3 is 2.37 bits per heavy atom. The molecule has 2 saturated heterocycles. The van der Waals surface area contributed by atoms with Gasteiger partial charge < -0.3 is 15.4 Å². The topological polar surface area (TPSA) is 92.9 Å². The molecular weight excluding hydrogens is 382 g/mol. The van der Waals surface area contributed by atoms with E-state index in [0.29, 0.717) is 19.1 Å². The zero-order valence-corrected chi connectivity index (χ0v) is 18.6. The van der Waals surface area contributed by atoms with Gasteiger partial charge >= 0.3 is 6.03 Å². The highest BCUT2D eigenvalue weighted by atomic mass is 32.2. The average Bonchev–Trinajstić information content (AvgIpc) is 2.75. The molecule has 7 nitrogen and oxygen atoms in total. The number of imide groups is 1. The molecule has 9 heteroatoms. The Kier molecular flexibility index (Phi) is 6.15. The number of ether oxygens (including phenoxy) is 1. The van der Waals surface area contributed by atoms with E-state index in [1.807, 2.05) is 0 Å². The van der Waals surface area contributed by atoms with Crippen LogP contribution < -0.4 is 5.73 Å². The standard InChI is InChI=1S/C18H33N3O4SSi/c1-27(2,3)9-8-25-13-20-16(22)18(11-26(24)12-18)21(17(20)23)10-14-4-6-15(19)7-5-14/h14-15H,4-13,19H2,1-3H3. The molecule has 2 aliphatic heterocycles. The van der Waals surface area contributed by atoms with Crippen molar-refractivity contribution >= 4 is 30.8 Å². The van der Waals surface area contributed by atoms with Crippen LogP contribution in [0.3, 0.4) is 0 Å². The number of nitrogens with zero attached hydrogens (tertiary/aromatic N) is 2. The van der Waals surface area contributed by atoms with Crippen molar-refractivity contribution in [1.29, 1.82) is 0 Å². The second kappa shape index (κ2) is 7.92. The highest BCUT2D eigenvalue weighted by molar-refractivity contribution is 7.86. The van der Waals surface area contributed by atoms with Gasteiger partial charge in [-0.2, -0.15) is 0 Å². The Morgan fingerprint density at radius 2 is 1.81 bits per heavy atom. The van der Waals surface area contributed by atoms with Crippen LogP contribution in [0.2, 0.25) is 25.7 Å². The van der Waals surface area contributed by atoms with Gasteiger partial charge in [0.2, 0.25) is 0 Å². The Labute approximate surface area is 165 Å². The summed E-state index contributed by atoms with van der Waals surface area (Å²) in [5.74, 6) is 0.651. The second-order valence-electron chi connectivity index (χ2n) is 9.52. The molecule has 3 aliphatic rings. The lowest BCUT2D eigenvalue weighted by molar-refractivity contribution is -0.135. The number of carbonyl (C=O) groups excluding carboxylic acids is 2. The van der Waals surface area contributed by atoms with Crippen LogP contribution in [0.15, 0.2) is 0 Å². The molecule has 0 unspecified atom stereocenters. The van der Waals surface area contributed by atoms with Gasteiger partial charge in [-0.1, -0.05) is 19.6 Å². The van der Waals surface area contributed by atoms with Gasteiger partial charge in [-0.25, -0.2) is 9.69 Å². The van der Waals surface area contributed by atoms with Crippen LogP contribution >= 0.6 is 0 Å². The van der Waals surface area contributed by atoms with Crippen molar-refractivity contribution in [2.24, 2.45) is 11.7 Å². The maximum absolute atomic E-state index is 13.0. The van der Waals surface area contributed by atoms with Gasteiger partial charge in [0.05, 0.1) is 11.5 Å². The fourth-order valence-corrected chi connectivity index (χ4v) is 6.38. The van der Waals surface area contributed by atoms with Crippen molar-refractivity contribution in [2.45, 2.75) is 62.9 Å². The molecule has 3 amide bonds. The Balaban J connectivity index is 1.64. The molecule has 2 heterocycles. The van der Waals surface area contributed by atoms with E-state index in [-0.39, 0.29) is 36.2 Å². The van der Waals surface area contributed by atoms with Gasteiger partial charge in [0, 0.05) is 38.1 Å². The van der Waals surface area contributed by atoms with E-state index in [4.69, 9.17) is 10.5 Å². The molecule has 1 spiro atoms. The molecule has 2 N–H and O–H groups in total. The fourth-order valence-electron chi connectivity index (χ4n) is 4.08. The maximum atomic E-state index is 13.0. The Morgan fingerprint density at radius 1 is 1.19 bits per heavy atom. The molecule has 0 aromatic carbocycles. The summed E-state index contributed by atoms with van der Waals surface area (Å²) in [5.41, 5.74) is 5.09. The van der Waals surface area contributed by atoms with Gasteiger partial charge in [-0.3, -0.25) is 9.00 Å². The summed E-state index contributed by atoms with van der Waals surface area (Å²) in [6.07, 6.45) is 3.88. The quantitative estimate of drug-likeness (QED) is 0.387. The van der Waals surface area contributed by atoms with Gasteiger partial charge in [0.25, 0.3) is 5.91 Å². The van der Waals surface area contributed by atoms with Gasteiger partial charge in [-0.15, -0.1) is 0 Å². The summed E-state index contributed by atoms with van der Waals surface area (Å²) >= 11 is 0. The summed E-state index contributed by atoms with van der Waals surface area (Å²) in [7, 11) is -2.24. The largest absolute Gasteiger partial charge is 0.361 e. The Bertz CT molecular complexity index is 608. The maximum Gasteiger partial charge on any atom is 0.329 e. The minimum atomic E-state index is -1.22. The first-order valence-corrected chi connectivity index (χ1v) is 15.1. The average molecular weight is 416 g/mol. The highest BCUT2D eigenvalue weighted by Crippen LogP contribution is 2.38. The van der Waals surface area contributed by atoms with Gasteiger partial charge in [0.1, 0.15) is 12.3 Å². The van der Waals surface area contributed by atoms with Crippen LogP contribution in [0.5, 0.6) is 0 Å². The van der Waals surface area contributed by atoms with Gasteiger partial charge in [-0.05, 0) is 37.6 Å². The second-order valence-corrected chi connectivity index (χ2v) is 16.6. The Hall–Kier alpha value is -0.773. The number of carbonyl (C=O) groups is 2. The summed E-state index contributed by atoms with van der Waals surface area (Å²) in [6.45, 7) is 7.91. The number of hydrogen-bond acceptors (Lipinski definition) is 5. The predicted octanol–water partition coefficient (Wildman–Crippen LogP) is 1.58. The van der Waals surface area contributed by atoms with E-state index in [9.17, 15) is 13.8 Å². The van der Waals surface area contributed by atoms with E-state index < -0.39 is 24.4 Å². The van der Waals surface area contributed by atoms with Crippen molar-refractivity contribution < 1.29 is 18.5 Å². The number of urea groups is 1. The summed E-state index contributed by atoms with van der Waals surface area (Å²) < 4.78 is 17.5. The SMILES string of the molecule is C[Si](C)(C)CCOCN1C(=O)N(CC2CCC(N)CC2)C2(CS(=O)C2)C1=O. The highest BCUT2D eigenvalue weighted by Gasteiger charge is 2.63. The third-order valence-corrected chi connectivity index (χ3v) is 9.27. The lowest BCUT2D eigenvalue weighted by Gasteiger charge is -2.43. The molecule has 0 aromatic heterocycles. The van der Waals surface area contributed by atoms with Crippen molar-refractivity contribution in [3.8, 4) is 0 Å². The summed E-state index contributed by atoms with van der Waals surface area (Å²) in [4.78, 5) is 28.9. The minimum absolute atomic E-state index is 0.00255. The smallest absolute Gasteiger partial charge is 0.329 e. The zero-order chi connectivity index (χ0) is 19.8. The van der Waals surface area contributed by atoms with Crippen LogP contribution in [0, 0.1) is 5.92 Å². The molecule has 3 rings (SSSR count). The molecule has 1 aliphatic carbocycles. The molecule has 0 aromatic rings. The lowest BCUT2D eigenvalue weighted by Crippen LogP contribution is -2.65. The first kappa shape index (κ1) is 20.9. The van der Waals surface area contributed by atoms with Crippen molar-refractivity contribution in [3.63, 3.8) is 0 Å². The first-order valence-electron chi connectivity index (χ1n) is 9.94. The summed E-state index contributed by atoms with van der Waals surface area (Å²) in [6, 6.07) is 0.961. The third-order valence-electron chi connectivity index (χ3n) is 5.97. The number of rotatable bonds is 7. The van der Waals surface area contributed by atoms with E-state index in [2.05, 4.69) is 19.6 Å².